The lowest BCUT2D eigenvalue weighted by molar-refractivity contribution is -0.142. The lowest BCUT2D eigenvalue weighted by atomic mass is 9.87. The Labute approximate surface area is 223 Å². The number of nitrogens with one attached hydrogen (secondary N) is 1. The highest BCUT2D eigenvalue weighted by Gasteiger charge is 2.30. The van der Waals surface area contributed by atoms with Gasteiger partial charge >= 0.3 is 0 Å². The highest BCUT2D eigenvalue weighted by Crippen LogP contribution is 2.31. The van der Waals surface area contributed by atoms with Gasteiger partial charge in [-0.25, -0.2) is 0 Å². The molecule has 6 heteroatoms. The quantitative estimate of drug-likeness (QED) is 0.365. The molecule has 0 fully saturated rings. The van der Waals surface area contributed by atoms with E-state index in [1.54, 1.807) is 11.9 Å². The minimum atomic E-state index is -0.681. The lowest BCUT2D eigenvalue weighted by Crippen LogP contribution is -2.51. The van der Waals surface area contributed by atoms with Crippen LogP contribution in [-0.4, -0.2) is 36.4 Å². The van der Waals surface area contributed by atoms with Gasteiger partial charge in [-0.2, -0.15) is 0 Å². The molecular formula is C30H35BrN2O3. The molecular weight excluding hydrogens is 516 g/mol. The molecule has 0 aliphatic heterocycles. The van der Waals surface area contributed by atoms with Crippen LogP contribution in [0.15, 0.2) is 77.3 Å². The number of amides is 2. The molecule has 190 valence electrons. The van der Waals surface area contributed by atoms with E-state index >= 15 is 0 Å². The van der Waals surface area contributed by atoms with E-state index < -0.39 is 6.04 Å². The Morgan fingerprint density at radius 2 is 1.67 bits per heavy atom. The van der Waals surface area contributed by atoms with E-state index in [1.165, 1.54) is 0 Å². The van der Waals surface area contributed by atoms with E-state index in [0.717, 1.165) is 26.7 Å². The van der Waals surface area contributed by atoms with Crippen LogP contribution in [-0.2, 0) is 28.0 Å². The van der Waals surface area contributed by atoms with Crippen LogP contribution in [0.5, 0.6) is 5.75 Å². The van der Waals surface area contributed by atoms with Crippen molar-refractivity contribution in [2.24, 2.45) is 0 Å². The maximum absolute atomic E-state index is 13.6. The molecule has 1 N–H and O–H groups in total. The third kappa shape index (κ3) is 7.20. The average molecular weight is 552 g/mol. The first-order valence-electron chi connectivity index (χ1n) is 12.1. The van der Waals surface area contributed by atoms with Crippen LogP contribution in [0.2, 0.25) is 0 Å². The van der Waals surface area contributed by atoms with Gasteiger partial charge in [-0.1, -0.05) is 81.4 Å². The number of carbonyl (C=O) groups excluding carboxylic acids is 2. The Bertz CT molecular complexity index is 1190. The van der Waals surface area contributed by atoms with Crippen LogP contribution in [0.1, 0.15) is 43.0 Å². The van der Waals surface area contributed by atoms with Crippen LogP contribution < -0.4 is 10.1 Å². The van der Waals surface area contributed by atoms with Gasteiger partial charge in [-0.3, -0.25) is 9.59 Å². The monoisotopic (exact) mass is 550 g/mol. The van der Waals surface area contributed by atoms with Gasteiger partial charge in [0.25, 0.3) is 5.91 Å². The summed E-state index contributed by atoms with van der Waals surface area (Å²) in [5.74, 6) is 0.123. The molecule has 0 radical (unpaired) electrons. The van der Waals surface area contributed by atoms with Crippen LogP contribution in [0.4, 0.5) is 0 Å². The predicted molar refractivity (Wildman–Crippen MR) is 148 cm³/mol. The number of benzene rings is 3. The van der Waals surface area contributed by atoms with Crippen molar-refractivity contribution < 1.29 is 14.3 Å². The maximum atomic E-state index is 13.6. The molecule has 5 nitrogen and oxygen atoms in total. The summed E-state index contributed by atoms with van der Waals surface area (Å²) in [4.78, 5) is 28.3. The molecule has 0 spiro atoms. The number of rotatable bonds is 9. The van der Waals surface area contributed by atoms with E-state index in [9.17, 15) is 9.59 Å². The van der Waals surface area contributed by atoms with Gasteiger partial charge in [0, 0.05) is 20.0 Å². The van der Waals surface area contributed by atoms with Crippen molar-refractivity contribution >= 4 is 27.7 Å². The third-order valence-electron chi connectivity index (χ3n) is 6.27. The number of hydrogen-bond acceptors (Lipinski definition) is 3. The number of halogens is 1. The molecule has 0 heterocycles. The van der Waals surface area contributed by atoms with E-state index in [1.807, 2.05) is 79.7 Å². The first kappa shape index (κ1) is 27.5. The minimum Gasteiger partial charge on any atom is -0.483 e. The fourth-order valence-corrected chi connectivity index (χ4v) is 4.49. The Morgan fingerprint density at radius 3 is 2.28 bits per heavy atom. The second kappa shape index (κ2) is 12.2. The summed E-state index contributed by atoms with van der Waals surface area (Å²) in [6.07, 6.45) is 0.405. The van der Waals surface area contributed by atoms with Crippen molar-refractivity contribution in [3.05, 3.63) is 99.5 Å². The first-order chi connectivity index (χ1) is 17.1. The van der Waals surface area contributed by atoms with Gasteiger partial charge in [-0.05, 0) is 62.7 Å². The molecule has 36 heavy (non-hydrogen) atoms. The highest BCUT2D eigenvalue weighted by molar-refractivity contribution is 9.10. The van der Waals surface area contributed by atoms with Crippen molar-refractivity contribution in [3.63, 3.8) is 0 Å². The molecule has 1 atom stereocenters. The number of hydrogen-bond donors (Lipinski definition) is 1. The zero-order valence-corrected chi connectivity index (χ0v) is 23.3. The summed E-state index contributed by atoms with van der Waals surface area (Å²) >= 11 is 3.58. The summed E-state index contributed by atoms with van der Waals surface area (Å²) in [7, 11) is 1.60. The fourth-order valence-electron chi connectivity index (χ4n) is 4.00. The Kier molecular flexibility index (Phi) is 9.32. The van der Waals surface area contributed by atoms with E-state index in [-0.39, 0.29) is 23.8 Å². The molecule has 3 rings (SSSR count). The first-order valence-corrected chi connectivity index (χ1v) is 12.9. The van der Waals surface area contributed by atoms with E-state index in [4.69, 9.17) is 4.74 Å². The van der Waals surface area contributed by atoms with Crippen molar-refractivity contribution in [1.29, 1.82) is 0 Å². The summed E-state index contributed by atoms with van der Waals surface area (Å²) in [5.41, 5.74) is 4.20. The van der Waals surface area contributed by atoms with Gasteiger partial charge in [0.1, 0.15) is 11.8 Å². The third-order valence-corrected chi connectivity index (χ3v) is 6.89. The van der Waals surface area contributed by atoms with Crippen molar-refractivity contribution in [2.75, 3.05) is 13.7 Å². The SMILES string of the molecule is CNC(=O)[C@@H](Cc1ccccc1)N(Cc1ccccc1C)C(=O)COc1ccc(C(C)(C)C)cc1Br. The number of likely N-dealkylation sites (N-methyl/N-ethyl adjacent to an activating group) is 1. The number of aryl methyl sites for hydroxylation is 1. The molecule has 3 aromatic carbocycles. The largest absolute Gasteiger partial charge is 0.483 e. The van der Waals surface area contributed by atoms with Crippen molar-refractivity contribution in [2.45, 2.75) is 52.1 Å². The zero-order valence-electron chi connectivity index (χ0n) is 21.7. The molecule has 2 amide bonds. The number of nitrogens with zero attached hydrogens (tertiary/aromatic N) is 1. The van der Waals surface area contributed by atoms with Crippen molar-refractivity contribution in [1.82, 2.24) is 10.2 Å². The van der Waals surface area contributed by atoms with Gasteiger partial charge in [0.2, 0.25) is 5.91 Å². The van der Waals surface area contributed by atoms with Crippen LogP contribution in [0.25, 0.3) is 0 Å². The Morgan fingerprint density at radius 1 is 1.00 bits per heavy atom. The number of carbonyl (C=O) groups is 2. The van der Waals surface area contributed by atoms with Crippen LogP contribution >= 0.6 is 15.9 Å². The van der Waals surface area contributed by atoms with Gasteiger partial charge < -0.3 is 15.0 Å². The second-order valence-corrected chi connectivity index (χ2v) is 10.8. The average Bonchev–Trinajstić information content (AvgIpc) is 2.85. The minimum absolute atomic E-state index is 0.000609. The molecule has 0 unspecified atom stereocenters. The molecule has 0 aromatic heterocycles. The van der Waals surface area contributed by atoms with Gasteiger partial charge in [0.15, 0.2) is 6.61 Å². The van der Waals surface area contributed by atoms with Gasteiger partial charge in [0.05, 0.1) is 4.47 Å². The summed E-state index contributed by atoms with van der Waals surface area (Å²) in [5, 5.41) is 2.74. The van der Waals surface area contributed by atoms with Crippen LogP contribution in [0.3, 0.4) is 0 Å². The smallest absolute Gasteiger partial charge is 0.261 e. The molecule has 0 saturated carbocycles. The summed E-state index contributed by atoms with van der Waals surface area (Å²) in [6.45, 7) is 8.58. The molecule has 3 aromatic rings. The van der Waals surface area contributed by atoms with Crippen LogP contribution in [0, 0.1) is 6.92 Å². The maximum Gasteiger partial charge on any atom is 0.261 e. The van der Waals surface area contributed by atoms with Gasteiger partial charge in [-0.15, -0.1) is 0 Å². The molecule has 0 bridgehead atoms. The summed E-state index contributed by atoms with van der Waals surface area (Å²) in [6, 6.07) is 22.9. The predicted octanol–water partition coefficient (Wildman–Crippen LogP) is 5.82. The molecule has 0 saturated heterocycles. The fraction of sp³-hybridized carbons (Fsp3) is 0.333. The van der Waals surface area contributed by atoms with E-state index in [2.05, 4.69) is 42.0 Å². The summed E-state index contributed by atoms with van der Waals surface area (Å²) < 4.78 is 6.75. The standard InChI is InChI=1S/C30H35BrN2O3/c1-21-11-9-10-14-23(21)19-33(26(29(35)32-5)17-22-12-7-6-8-13-22)28(34)20-36-27-16-15-24(18-25(27)31)30(2,3)4/h6-16,18,26H,17,19-20H2,1-5H3,(H,32,35)/t26-/m1/s1. The Balaban J connectivity index is 1.88. The zero-order chi connectivity index (χ0) is 26.3. The molecule has 0 aliphatic rings. The Hall–Kier alpha value is -3.12. The number of ether oxygens (including phenoxy) is 1. The normalized spacial score (nSPS) is 12.1. The second-order valence-electron chi connectivity index (χ2n) is 9.95. The van der Waals surface area contributed by atoms with Crippen molar-refractivity contribution in [3.8, 4) is 5.75 Å². The topological polar surface area (TPSA) is 58.6 Å². The molecule has 0 aliphatic carbocycles. The highest BCUT2D eigenvalue weighted by atomic mass is 79.9. The van der Waals surface area contributed by atoms with E-state index in [0.29, 0.717) is 18.7 Å². The lowest BCUT2D eigenvalue weighted by Gasteiger charge is -2.31.